The summed E-state index contributed by atoms with van der Waals surface area (Å²) >= 11 is 11.7. The first-order valence-corrected chi connectivity index (χ1v) is 8.13. The molecule has 0 aliphatic rings. The van der Waals surface area contributed by atoms with Gasteiger partial charge in [0, 0.05) is 23.1 Å². The summed E-state index contributed by atoms with van der Waals surface area (Å²) in [5, 5.41) is 1.69. The number of Topliss-reactive ketones (excluding diaryl/α,β-unsaturated/α-hetero) is 2. The second kappa shape index (κ2) is 7.12. The second-order valence-corrected chi connectivity index (χ2v) is 6.25. The molecule has 0 fully saturated rings. The maximum atomic E-state index is 12.2. The van der Waals surface area contributed by atoms with Crippen LogP contribution in [0.15, 0.2) is 54.6 Å². The molecule has 0 spiro atoms. The Kier molecular flexibility index (Phi) is 4.93. The molecule has 0 saturated carbocycles. The number of benzene rings is 2. The lowest BCUT2D eigenvalue weighted by Crippen LogP contribution is -2.11. The fourth-order valence-electron chi connectivity index (χ4n) is 2.42. The van der Waals surface area contributed by atoms with Gasteiger partial charge in [0.25, 0.3) is 0 Å². The average Bonchev–Trinajstić information content (AvgIpc) is 2.57. The number of hydrogen-bond acceptors (Lipinski definition) is 3. The third-order valence-corrected chi connectivity index (χ3v) is 4.37. The maximum Gasteiger partial charge on any atom is 0.170 e. The lowest BCUT2D eigenvalue weighted by Gasteiger charge is -2.04. The topological polar surface area (TPSA) is 47.0 Å². The van der Waals surface area contributed by atoms with E-state index in [1.807, 2.05) is 36.4 Å². The summed E-state index contributed by atoms with van der Waals surface area (Å²) in [4.78, 5) is 28.8. The first kappa shape index (κ1) is 16.6. The van der Waals surface area contributed by atoms with E-state index in [1.54, 1.807) is 12.1 Å². The number of carbonyl (C=O) groups is 2. The van der Waals surface area contributed by atoms with E-state index >= 15 is 0 Å². The number of aromatic nitrogens is 1. The van der Waals surface area contributed by atoms with Gasteiger partial charge in [0.1, 0.15) is 5.78 Å². The Labute approximate surface area is 149 Å². The Morgan fingerprint density at radius 2 is 1.71 bits per heavy atom. The van der Waals surface area contributed by atoms with Crippen LogP contribution in [0.5, 0.6) is 0 Å². The lowest BCUT2D eigenvalue weighted by atomic mass is 10.0. The molecule has 2 aromatic carbocycles. The molecule has 1 aromatic heterocycles. The van der Waals surface area contributed by atoms with Crippen LogP contribution in [-0.2, 0) is 11.2 Å². The molecule has 0 N–H and O–H groups in total. The zero-order valence-corrected chi connectivity index (χ0v) is 14.1. The number of fused-ring (bicyclic) bond motifs is 1. The number of pyridine rings is 1. The molecule has 0 bridgehead atoms. The van der Waals surface area contributed by atoms with Crippen LogP contribution in [0.2, 0.25) is 10.0 Å². The standard InChI is InChI=1S/C19H13Cl2NO2/c20-16-8-6-13(9-17(16)21)19(24)11-15(23)10-14-7-5-12-3-1-2-4-18(12)22-14/h1-9H,10-11H2. The molecular weight excluding hydrogens is 345 g/mol. The van der Waals surface area contributed by atoms with Crippen molar-refractivity contribution in [1.29, 1.82) is 0 Å². The molecule has 1 heterocycles. The highest BCUT2D eigenvalue weighted by molar-refractivity contribution is 6.42. The predicted octanol–water partition coefficient (Wildman–Crippen LogP) is 4.93. The van der Waals surface area contributed by atoms with Gasteiger partial charge in [0.15, 0.2) is 5.78 Å². The van der Waals surface area contributed by atoms with E-state index in [-0.39, 0.29) is 24.4 Å². The molecule has 0 unspecified atom stereocenters. The minimum absolute atomic E-state index is 0.123. The van der Waals surface area contributed by atoms with Crippen LogP contribution >= 0.6 is 23.2 Å². The molecule has 0 aliphatic heterocycles. The highest BCUT2D eigenvalue weighted by Gasteiger charge is 2.14. The highest BCUT2D eigenvalue weighted by Crippen LogP contribution is 2.23. The van der Waals surface area contributed by atoms with Crippen molar-refractivity contribution in [2.75, 3.05) is 0 Å². The first-order chi connectivity index (χ1) is 11.5. The summed E-state index contributed by atoms with van der Waals surface area (Å²) < 4.78 is 0. The third-order valence-electron chi connectivity index (χ3n) is 3.63. The normalized spacial score (nSPS) is 10.8. The Balaban J connectivity index is 1.69. The van der Waals surface area contributed by atoms with Crippen LogP contribution in [0.25, 0.3) is 10.9 Å². The van der Waals surface area contributed by atoms with Gasteiger partial charge >= 0.3 is 0 Å². The minimum atomic E-state index is -0.278. The van der Waals surface area contributed by atoms with Crippen molar-refractivity contribution in [2.24, 2.45) is 0 Å². The van der Waals surface area contributed by atoms with E-state index in [9.17, 15) is 9.59 Å². The Bertz CT molecular complexity index is 938. The van der Waals surface area contributed by atoms with Gasteiger partial charge in [0.05, 0.1) is 22.0 Å². The number of rotatable bonds is 5. The van der Waals surface area contributed by atoms with Crippen molar-refractivity contribution < 1.29 is 9.59 Å². The molecule has 0 atom stereocenters. The van der Waals surface area contributed by atoms with Gasteiger partial charge in [0.2, 0.25) is 0 Å². The van der Waals surface area contributed by atoms with Gasteiger partial charge in [-0.25, -0.2) is 0 Å². The molecule has 3 aromatic rings. The smallest absolute Gasteiger partial charge is 0.170 e. The van der Waals surface area contributed by atoms with E-state index in [1.165, 1.54) is 6.07 Å². The number of nitrogens with zero attached hydrogens (tertiary/aromatic N) is 1. The van der Waals surface area contributed by atoms with Crippen LogP contribution in [0.4, 0.5) is 0 Å². The van der Waals surface area contributed by atoms with E-state index in [0.717, 1.165) is 10.9 Å². The highest BCUT2D eigenvalue weighted by atomic mass is 35.5. The summed E-state index contributed by atoms with van der Waals surface area (Å²) in [6.07, 6.45) is -0.0651. The van der Waals surface area contributed by atoms with E-state index in [4.69, 9.17) is 23.2 Å². The summed E-state index contributed by atoms with van der Waals surface area (Å²) in [6.45, 7) is 0. The van der Waals surface area contributed by atoms with Gasteiger partial charge in [-0.1, -0.05) is 47.5 Å². The summed E-state index contributed by atoms with van der Waals surface area (Å²) in [5.41, 5.74) is 1.86. The zero-order valence-electron chi connectivity index (χ0n) is 12.6. The van der Waals surface area contributed by atoms with Crippen LogP contribution < -0.4 is 0 Å². The van der Waals surface area contributed by atoms with Crippen LogP contribution in [0, 0.1) is 0 Å². The second-order valence-electron chi connectivity index (χ2n) is 5.44. The molecule has 120 valence electrons. The Morgan fingerprint density at radius 1 is 0.917 bits per heavy atom. The quantitative estimate of drug-likeness (QED) is 0.480. The summed E-state index contributed by atoms with van der Waals surface area (Å²) in [7, 11) is 0. The Hall–Kier alpha value is -2.23. The number of halogens is 2. The van der Waals surface area contributed by atoms with Crippen molar-refractivity contribution in [3.05, 3.63) is 75.9 Å². The third kappa shape index (κ3) is 3.81. The van der Waals surface area contributed by atoms with Crippen molar-refractivity contribution in [1.82, 2.24) is 4.98 Å². The number of hydrogen-bond donors (Lipinski definition) is 0. The SMILES string of the molecule is O=C(CC(=O)c1ccc(Cl)c(Cl)c1)Cc1ccc2ccccc2n1. The number of para-hydroxylation sites is 1. The van der Waals surface area contributed by atoms with Crippen molar-refractivity contribution >= 4 is 45.7 Å². The van der Waals surface area contributed by atoms with Crippen LogP contribution in [0.1, 0.15) is 22.5 Å². The Morgan fingerprint density at radius 3 is 2.50 bits per heavy atom. The zero-order chi connectivity index (χ0) is 17.1. The van der Waals surface area contributed by atoms with Gasteiger partial charge in [-0.2, -0.15) is 0 Å². The number of ketones is 2. The molecule has 0 saturated heterocycles. The van der Waals surface area contributed by atoms with Crippen molar-refractivity contribution in [2.45, 2.75) is 12.8 Å². The van der Waals surface area contributed by atoms with E-state index < -0.39 is 0 Å². The largest absolute Gasteiger partial charge is 0.299 e. The lowest BCUT2D eigenvalue weighted by molar-refractivity contribution is -0.117. The fraction of sp³-hybridized carbons (Fsp3) is 0.105. The molecule has 0 aliphatic carbocycles. The monoisotopic (exact) mass is 357 g/mol. The minimum Gasteiger partial charge on any atom is -0.299 e. The first-order valence-electron chi connectivity index (χ1n) is 7.37. The molecule has 0 radical (unpaired) electrons. The number of carbonyl (C=O) groups excluding carboxylic acids is 2. The van der Waals surface area contributed by atoms with Gasteiger partial charge in [-0.05, 0) is 30.3 Å². The van der Waals surface area contributed by atoms with E-state index in [2.05, 4.69) is 4.98 Å². The van der Waals surface area contributed by atoms with Crippen LogP contribution in [0.3, 0.4) is 0 Å². The fourth-order valence-corrected chi connectivity index (χ4v) is 2.72. The van der Waals surface area contributed by atoms with Crippen LogP contribution in [-0.4, -0.2) is 16.6 Å². The molecular formula is C19H13Cl2NO2. The van der Waals surface area contributed by atoms with Crippen molar-refractivity contribution in [3.8, 4) is 0 Å². The van der Waals surface area contributed by atoms with E-state index in [0.29, 0.717) is 21.3 Å². The van der Waals surface area contributed by atoms with Gasteiger partial charge in [-0.3, -0.25) is 14.6 Å². The molecule has 5 heteroatoms. The summed E-state index contributed by atoms with van der Waals surface area (Å²) in [6, 6.07) is 16.0. The average molecular weight is 358 g/mol. The molecule has 3 nitrogen and oxygen atoms in total. The molecule has 0 amide bonds. The van der Waals surface area contributed by atoms with Gasteiger partial charge < -0.3 is 0 Å². The van der Waals surface area contributed by atoms with Crippen molar-refractivity contribution in [3.63, 3.8) is 0 Å². The molecule has 3 rings (SSSR count). The summed E-state index contributed by atoms with van der Waals surface area (Å²) in [5.74, 6) is -0.465. The maximum absolute atomic E-state index is 12.2. The van der Waals surface area contributed by atoms with Gasteiger partial charge in [-0.15, -0.1) is 0 Å². The molecule has 24 heavy (non-hydrogen) atoms. The predicted molar refractivity (Wildman–Crippen MR) is 95.9 cm³/mol.